The maximum atomic E-state index is 4.54. The van der Waals surface area contributed by atoms with Crippen LogP contribution in [-0.4, -0.2) is 15.0 Å². The molecule has 0 atom stereocenters. The van der Waals surface area contributed by atoms with Crippen molar-refractivity contribution in [2.24, 2.45) is 0 Å². The number of pyridine rings is 1. The zero-order valence-corrected chi connectivity index (χ0v) is 11.8. The van der Waals surface area contributed by atoms with Gasteiger partial charge in [0.25, 0.3) is 0 Å². The number of fused-ring (bicyclic) bond motifs is 1. The van der Waals surface area contributed by atoms with Gasteiger partial charge in [0, 0.05) is 11.9 Å². The minimum Gasteiger partial charge on any atom is -0.332 e. The summed E-state index contributed by atoms with van der Waals surface area (Å²) in [6.07, 6.45) is 3.57. The molecule has 0 fully saturated rings. The lowest BCUT2D eigenvalue weighted by molar-refractivity contribution is 1.08. The zero-order valence-electron chi connectivity index (χ0n) is 11.0. The summed E-state index contributed by atoms with van der Waals surface area (Å²) in [5.74, 6) is 0.926. The van der Waals surface area contributed by atoms with E-state index in [4.69, 9.17) is 0 Å². The summed E-state index contributed by atoms with van der Waals surface area (Å²) in [5, 5.41) is 0.946. The molecule has 0 amide bonds. The summed E-state index contributed by atoms with van der Waals surface area (Å²) in [6, 6.07) is 8.57. The number of hydrogen-bond donors (Lipinski definition) is 1. The van der Waals surface area contributed by atoms with Gasteiger partial charge in [0.1, 0.15) is 0 Å². The van der Waals surface area contributed by atoms with Crippen LogP contribution in [0.25, 0.3) is 11.0 Å². The highest BCUT2D eigenvalue weighted by Crippen LogP contribution is 2.23. The Labute approximate surface area is 116 Å². The molecule has 0 radical (unpaired) electrons. The fourth-order valence-electron chi connectivity index (χ4n) is 2.21. The summed E-state index contributed by atoms with van der Waals surface area (Å²) in [4.78, 5) is 11.9. The summed E-state index contributed by atoms with van der Waals surface area (Å²) >= 11 is 1.72. The van der Waals surface area contributed by atoms with Crippen molar-refractivity contribution in [1.82, 2.24) is 15.0 Å². The molecule has 0 unspecified atom stereocenters. The van der Waals surface area contributed by atoms with E-state index < -0.39 is 0 Å². The van der Waals surface area contributed by atoms with Gasteiger partial charge in [-0.15, -0.1) is 0 Å². The van der Waals surface area contributed by atoms with Gasteiger partial charge in [0.15, 0.2) is 5.16 Å². The van der Waals surface area contributed by atoms with Crippen LogP contribution in [0, 0.1) is 13.8 Å². The molecule has 0 aliphatic heterocycles. The molecule has 3 nitrogen and oxygen atoms in total. The number of thioether (sulfide) groups is 1. The van der Waals surface area contributed by atoms with E-state index in [1.54, 1.807) is 18.0 Å². The number of hydrogen-bond acceptors (Lipinski definition) is 3. The van der Waals surface area contributed by atoms with Gasteiger partial charge >= 0.3 is 0 Å². The third kappa shape index (κ3) is 2.79. The highest BCUT2D eigenvalue weighted by molar-refractivity contribution is 7.98. The zero-order chi connectivity index (χ0) is 13.2. The van der Waals surface area contributed by atoms with Crippen molar-refractivity contribution >= 4 is 22.8 Å². The molecule has 0 bridgehead atoms. The number of H-pyrrole nitrogens is 1. The Morgan fingerprint density at radius 3 is 2.68 bits per heavy atom. The first-order chi connectivity index (χ1) is 9.20. The Hall–Kier alpha value is -1.81. The fraction of sp³-hybridized carbons (Fsp3) is 0.200. The van der Waals surface area contributed by atoms with Crippen molar-refractivity contribution in [3.63, 3.8) is 0 Å². The third-order valence-corrected chi connectivity index (χ3v) is 3.86. The van der Waals surface area contributed by atoms with Crippen LogP contribution in [0.15, 0.2) is 41.8 Å². The van der Waals surface area contributed by atoms with E-state index in [1.165, 1.54) is 16.7 Å². The molecule has 2 aromatic heterocycles. The summed E-state index contributed by atoms with van der Waals surface area (Å²) in [5.41, 5.74) is 5.92. The standard InChI is InChI=1S/C15H15N3S/c1-10-5-11(2)7-12(6-10)9-19-15-17-13-3-4-16-8-14(13)18-15/h3-8H,9H2,1-2H3,(H,17,18). The second-order valence-electron chi connectivity index (χ2n) is 4.72. The Morgan fingerprint density at radius 2 is 1.95 bits per heavy atom. The number of rotatable bonds is 3. The van der Waals surface area contributed by atoms with Crippen LogP contribution >= 0.6 is 11.8 Å². The minimum atomic E-state index is 0.926. The van der Waals surface area contributed by atoms with Gasteiger partial charge in [-0.1, -0.05) is 41.1 Å². The third-order valence-electron chi connectivity index (χ3n) is 2.92. The van der Waals surface area contributed by atoms with Gasteiger partial charge in [-0.05, 0) is 25.5 Å². The topological polar surface area (TPSA) is 41.6 Å². The van der Waals surface area contributed by atoms with Crippen molar-refractivity contribution in [2.75, 3.05) is 0 Å². The highest BCUT2D eigenvalue weighted by Gasteiger charge is 2.04. The van der Waals surface area contributed by atoms with Crippen molar-refractivity contribution in [2.45, 2.75) is 24.8 Å². The van der Waals surface area contributed by atoms with Gasteiger partial charge in [-0.25, -0.2) is 4.98 Å². The molecule has 3 aromatic rings. The van der Waals surface area contributed by atoms with Gasteiger partial charge in [0.2, 0.25) is 0 Å². The molecule has 4 heteroatoms. The highest BCUT2D eigenvalue weighted by atomic mass is 32.2. The van der Waals surface area contributed by atoms with Gasteiger partial charge < -0.3 is 4.98 Å². The molecule has 1 aromatic carbocycles. The second kappa shape index (κ2) is 5.05. The lowest BCUT2D eigenvalue weighted by Gasteiger charge is -2.03. The molecule has 19 heavy (non-hydrogen) atoms. The van der Waals surface area contributed by atoms with Crippen LogP contribution in [0.2, 0.25) is 0 Å². The first-order valence-corrected chi connectivity index (χ1v) is 7.19. The maximum absolute atomic E-state index is 4.54. The van der Waals surface area contributed by atoms with Gasteiger partial charge in [0.05, 0.1) is 17.2 Å². The number of benzene rings is 1. The molecule has 96 valence electrons. The van der Waals surface area contributed by atoms with E-state index in [9.17, 15) is 0 Å². The summed E-state index contributed by atoms with van der Waals surface area (Å²) in [6.45, 7) is 4.27. The SMILES string of the molecule is Cc1cc(C)cc(CSc2nc3ccncc3[nH]2)c1. The number of nitrogens with one attached hydrogen (secondary N) is 1. The maximum Gasteiger partial charge on any atom is 0.166 e. The quantitative estimate of drug-likeness (QED) is 0.734. The fourth-order valence-corrected chi connectivity index (χ4v) is 3.02. The largest absolute Gasteiger partial charge is 0.332 e. The lowest BCUT2D eigenvalue weighted by Crippen LogP contribution is -1.85. The van der Waals surface area contributed by atoms with E-state index >= 15 is 0 Å². The molecule has 0 saturated carbocycles. The second-order valence-corrected chi connectivity index (χ2v) is 5.68. The number of aryl methyl sites for hydroxylation is 2. The predicted octanol–water partition coefficient (Wildman–Crippen LogP) is 3.87. The van der Waals surface area contributed by atoms with Crippen LogP contribution in [0.5, 0.6) is 0 Å². The van der Waals surface area contributed by atoms with Crippen LogP contribution < -0.4 is 0 Å². The first-order valence-electron chi connectivity index (χ1n) is 6.20. The molecule has 0 aliphatic rings. The average Bonchev–Trinajstić information content (AvgIpc) is 2.78. The smallest absolute Gasteiger partial charge is 0.166 e. The Balaban J connectivity index is 1.78. The van der Waals surface area contributed by atoms with Gasteiger partial charge in [-0.2, -0.15) is 0 Å². The Morgan fingerprint density at radius 1 is 1.16 bits per heavy atom. The number of aromatic amines is 1. The molecular weight excluding hydrogens is 254 g/mol. The summed E-state index contributed by atoms with van der Waals surface area (Å²) < 4.78 is 0. The van der Waals surface area contributed by atoms with Crippen LogP contribution in [0.4, 0.5) is 0 Å². The number of nitrogens with zero attached hydrogens (tertiary/aromatic N) is 2. The minimum absolute atomic E-state index is 0.926. The normalized spacial score (nSPS) is 11.1. The van der Waals surface area contributed by atoms with Crippen LogP contribution in [-0.2, 0) is 5.75 Å². The summed E-state index contributed by atoms with van der Waals surface area (Å²) in [7, 11) is 0. The van der Waals surface area contributed by atoms with E-state index in [1.807, 2.05) is 12.3 Å². The van der Waals surface area contributed by atoms with Crippen LogP contribution in [0.3, 0.4) is 0 Å². The molecule has 0 saturated heterocycles. The molecular formula is C15H15N3S. The molecule has 1 N–H and O–H groups in total. The van der Waals surface area contributed by atoms with Crippen LogP contribution in [0.1, 0.15) is 16.7 Å². The van der Waals surface area contributed by atoms with Crippen molar-refractivity contribution < 1.29 is 0 Å². The van der Waals surface area contributed by atoms with E-state index in [2.05, 4.69) is 47.0 Å². The monoisotopic (exact) mass is 269 g/mol. The Kier molecular flexibility index (Phi) is 3.25. The van der Waals surface area contributed by atoms with Crippen molar-refractivity contribution in [1.29, 1.82) is 0 Å². The first kappa shape index (κ1) is 12.2. The number of aromatic nitrogens is 3. The number of imidazole rings is 1. The van der Waals surface area contributed by atoms with Gasteiger partial charge in [-0.3, -0.25) is 4.98 Å². The van der Waals surface area contributed by atoms with Crippen molar-refractivity contribution in [3.8, 4) is 0 Å². The van der Waals surface area contributed by atoms with E-state index in [0.717, 1.165) is 21.9 Å². The molecule has 2 heterocycles. The van der Waals surface area contributed by atoms with E-state index in [0.29, 0.717) is 0 Å². The lowest BCUT2D eigenvalue weighted by atomic mass is 10.1. The molecule has 0 spiro atoms. The Bertz CT molecular complexity index is 665. The molecule has 3 rings (SSSR count). The average molecular weight is 269 g/mol. The predicted molar refractivity (Wildman–Crippen MR) is 79.4 cm³/mol. The van der Waals surface area contributed by atoms with Crippen molar-refractivity contribution in [3.05, 3.63) is 53.3 Å². The van der Waals surface area contributed by atoms with E-state index in [-0.39, 0.29) is 0 Å². The molecule has 0 aliphatic carbocycles.